The average molecular weight is 355 g/mol. The van der Waals surface area contributed by atoms with Crippen LogP contribution in [0.15, 0.2) is 0 Å². The third-order valence-electron chi connectivity index (χ3n) is 2.30. The molecule has 0 unspecified atom stereocenters. The molecule has 0 fully saturated rings. The minimum absolute atomic E-state index is 0. The van der Waals surface area contributed by atoms with Crippen LogP contribution in [-0.4, -0.2) is 29.5 Å². The number of hydrogen-bond acceptors (Lipinski definition) is 7. The van der Waals surface area contributed by atoms with E-state index >= 15 is 0 Å². The van der Waals surface area contributed by atoms with E-state index in [1.807, 2.05) is 0 Å². The van der Waals surface area contributed by atoms with Crippen LogP contribution in [0.2, 0.25) is 0 Å². The first-order valence-electron chi connectivity index (χ1n) is 5.87. The van der Waals surface area contributed by atoms with Gasteiger partial charge in [-0.1, -0.05) is 4.32 Å². The Hall–Kier alpha value is -0.250. The van der Waals surface area contributed by atoms with Crippen LogP contribution < -0.4 is 34.9 Å². The van der Waals surface area contributed by atoms with Crippen molar-refractivity contribution in [2.45, 2.75) is 20.8 Å². The van der Waals surface area contributed by atoms with E-state index in [9.17, 15) is 9.59 Å². The molecule has 0 aliphatic carbocycles. The molecule has 1 heterocycles. The van der Waals surface area contributed by atoms with Crippen LogP contribution in [0.1, 0.15) is 39.4 Å². The van der Waals surface area contributed by atoms with Crippen LogP contribution in [0.25, 0.3) is 0 Å². The number of anilines is 1. The summed E-state index contributed by atoms with van der Waals surface area (Å²) in [5.41, 5.74) is 0.771. The van der Waals surface area contributed by atoms with Gasteiger partial charge in [-0.25, -0.2) is 9.59 Å². The van der Waals surface area contributed by atoms with Crippen molar-refractivity contribution < 1.29 is 48.6 Å². The minimum atomic E-state index is -0.523. The van der Waals surface area contributed by atoms with E-state index in [0.29, 0.717) is 15.4 Å². The van der Waals surface area contributed by atoms with E-state index in [0.717, 1.165) is 11.3 Å². The van der Waals surface area contributed by atoms with Gasteiger partial charge in [0.15, 0.2) is 0 Å². The zero-order chi connectivity index (χ0) is 15.3. The topological polar surface area (TPSA) is 64.6 Å². The molecule has 0 aromatic carbocycles. The maximum Gasteiger partial charge on any atom is 1.00 e. The van der Waals surface area contributed by atoms with Crippen LogP contribution >= 0.6 is 23.6 Å². The van der Waals surface area contributed by atoms with Gasteiger partial charge in [0, 0.05) is 0 Å². The van der Waals surface area contributed by atoms with Gasteiger partial charge in [0.1, 0.15) is 9.88 Å². The number of thiophene rings is 1. The number of hydrogen-bond donors (Lipinski definition) is 1. The Morgan fingerprint density at radius 1 is 1.24 bits per heavy atom. The first-order valence-corrected chi connectivity index (χ1v) is 7.51. The van der Waals surface area contributed by atoms with Crippen molar-refractivity contribution in [1.29, 1.82) is 0 Å². The molecule has 1 aromatic rings. The summed E-state index contributed by atoms with van der Waals surface area (Å²) in [5, 5.41) is 3.13. The fourth-order valence-electron chi connectivity index (χ4n) is 1.53. The Labute approximate surface area is 160 Å². The number of thiocarbonyl (C=S) groups is 1. The predicted octanol–water partition coefficient (Wildman–Crippen LogP) is -0.342. The second-order valence-electron chi connectivity index (χ2n) is 3.61. The van der Waals surface area contributed by atoms with E-state index in [1.54, 1.807) is 20.8 Å². The van der Waals surface area contributed by atoms with E-state index in [4.69, 9.17) is 34.3 Å². The van der Waals surface area contributed by atoms with Gasteiger partial charge in [-0.05, 0) is 26.3 Å². The smallest absolute Gasteiger partial charge is 0.462 e. The van der Waals surface area contributed by atoms with Crippen molar-refractivity contribution in [3.05, 3.63) is 16.0 Å². The van der Waals surface area contributed by atoms with E-state index < -0.39 is 11.9 Å². The summed E-state index contributed by atoms with van der Waals surface area (Å²) in [5.74, 6) is -1.01. The molecule has 110 valence electrons. The van der Waals surface area contributed by atoms with Crippen molar-refractivity contribution in [2.24, 2.45) is 0 Å². The normalized spacial score (nSPS) is 9.48. The molecule has 0 amide bonds. The molecule has 1 aromatic heterocycles. The molecule has 1 N–H and O–H groups in total. The molecule has 0 aliphatic rings. The molecule has 0 saturated carbocycles. The summed E-state index contributed by atoms with van der Waals surface area (Å²) >= 11 is 10.7. The van der Waals surface area contributed by atoms with Gasteiger partial charge >= 0.3 is 41.5 Å². The van der Waals surface area contributed by atoms with Crippen molar-refractivity contribution >= 4 is 57.4 Å². The third kappa shape index (κ3) is 5.46. The van der Waals surface area contributed by atoms with Crippen LogP contribution in [0.5, 0.6) is 0 Å². The SMILES string of the molecule is CCOC(=O)c1sc(NC(=S)[S-])c(C(=O)OCC)c1C.[Na+]. The number of esters is 2. The first-order chi connectivity index (χ1) is 9.42. The number of carbonyl (C=O) groups excluding carboxylic acids is 2. The van der Waals surface area contributed by atoms with Gasteiger partial charge in [0.2, 0.25) is 0 Å². The summed E-state index contributed by atoms with van der Waals surface area (Å²) in [4.78, 5) is 24.2. The molecule has 21 heavy (non-hydrogen) atoms. The number of nitrogens with one attached hydrogen (secondary N) is 1. The maximum atomic E-state index is 12.0. The Balaban J connectivity index is 0.00000400. The molecular weight excluding hydrogens is 341 g/mol. The Morgan fingerprint density at radius 3 is 2.24 bits per heavy atom. The van der Waals surface area contributed by atoms with Gasteiger partial charge in [-0.3, -0.25) is 0 Å². The van der Waals surface area contributed by atoms with Crippen molar-refractivity contribution in [3.8, 4) is 0 Å². The molecular formula is C12H14NNaO4S3. The van der Waals surface area contributed by atoms with E-state index in [1.165, 1.54) is 0 Å². The maximum absolute atomic E-state index is 12.0. The van der Waals surface area contributed by atoms with Gasteiger partial charge < -0.3 is 39.6 Å². The molecule has 9 heteroatoms. The van der Waals surface area contributed by atoms with Crippen LogP contribution in [-0.2, 0) is 22.1 Å². The minimum Gasteiger partial charge on any atom is -0.462 e. The largest absolute Gasteiger partial charge is 1.00 e. The Kier molecular flexibility index (Phi) is 9.59. The van der Waals surface area contributed by atoms with Crippen LogP contribution in [0.4, 0.5) is 5.00 Å². The molecule has 0 atom stereocenters. The zero-order valence-electron chi connectivity index (χ0n) is 12.3. The third-order valence-corrected chi connectivity index (χ3v) is 3.69. The fraction of sp³-hybridized carbons (Fsp3) is 0.417. The molecule has 0 aliphatic heterocycles. The van der Waals surface area contributed by atoms with Gasteiger partial charge in [0.25, 0.3) is 0 Å². The Bertz CT molecular complexity index is 545. The summed E-state index contributed by atoms with van der Waals surface area (Å²) in [7, 11) is 0. The second-order valence-corrected chi connectivity index (χ2v) is 5.71. The van der Waals surface area contributed by atoms with Crippen molar-refractivity contribution in [2.75, 3.05) is 18.5 Å². The number of carbonyl (C=O) groups is 2. The van der Waals surface area contributed by atoms with Crippen molar-refractivity contribution in [3.63, 3.8) is 0 Å². The predicted molar refractivity (Wildman–Crippen MR) is 84.6 cm³/mol. The number of rotatable bonds is 5. The molecule has 0 radical (unpaired) electrons. The fourth-order valence-corrected chi connectivity index (χ4v) is 2.96. The molecule has 0 spiro atoms. The standard InChI is InChI=1S/C12H15NO4S3.Na/c1-4-16-10(14)7-6(3)8(11(15)17-5-2)20-9(7)13-12(18)19;/h4-5H2,1-3H3,(H2,13,18,19);/q;+1/p-1. The summed E-state index contributed by atoms with van der Waals surface area (Å²) in [6.07, 6.45) is 0. The monoisotopic (exact) mass is 355 g/mol. The van der Waals surface area contributed by atoms with E-state index in [2.05, 4.69) is 5.32 Å². The van der Waals surface area contributed by atoms with Crippen LogP contribution in [0, 0.1) is 6.92 Å². The summed E-state index contributed by atoms with van der Waals surface area (Å²) in [6.45, 7) is 5.57. The zero-order valence-corrected chi connectivity index (χ0v) is 16.7. The van der Waals surface area contributed by atoms with Gasteiger partial charge in [-0.15, -0.1) is 11.3 Å². The summed E-state index contributed by atoms with van der Waals surface area (Å²) < 4.78 is 10.0. The van der Waals surface area contributed by atoms with Crippen LogP contribution in [0.3, 0.4) is 0 Å². The quantitative estimate of drug-likeness (QED) is 0.335. The van der Waals surface area contributed by atoms with Gasteiger partial charge in [0.05, 0.1) is 18.8 Å². The summed E-state index contributed by atoms with van der Waals surface area (Å²) in [6, 6.07) is 0. The first kappa shape index (κ1) is 20.8. The molecule has 0 saturated heterocycles. The molecule has 0 bridgehead atoms. The van der Waals surface area contributed by atoms with E-state index in [-0.39, 0.29) is 52.7 Å². The Morgan fingerprint density at radius 2 is 1.76 bits per heavy atom. The van der Waals surface area contributed by atoms with Crippen molar-refractivity contribution in [1.82, 2.24) is 0 Å². The van der Waals surface area contributed by atoms with Gasteiger partial charge in [-0.2, -0.15) is 0 Å². The molecule has 1 rings (SSSR count). The average Bonchev–Trinajstić information content (AvgIpc) is 2.66. The molecule has 5 nitrogen and oxygen atoms in total. The number of ether oxygens (including phenoxy) is 2. The second kappa shape index (κ2) is 9.70.